The van der Waals surface area contributed by atoms with Gasteiger partial charge in [0.25, 0.3) is 0 Å². The third-order valence-corrected chi connectivity index (χ3v) is 11.2. The Hall–Kier alpha value is -0.940. The van der Waals surface area contributed by atoms with Gasteiger partial charge in [0.2, 0.25) is 0 Å². The van der Waals surface area contributed by atoms with Crippen LogP contribution in [0.3, 0.4) is 0 Å². The third-order valence-electron chi connectivity index (χ3n) is 11.2. The van der Waals surface area contributed by atoms with E-state index in [0.717, 1.165) is 31.1 Å². The number of carbonyl (C=O) groups is 1. The molecule has 0 radical (unpaired) electrons. The normalized spacial score (nSPS) is 44.8. The monoisotopic (exact) mass is 474 g/mol. The molecule has 0 spiro atoms. The maximum Gasteiger partial charge on any atom is 0.305 e. The molecule has 4 rings (SSSR count). The van der Waals surface area contributed by atoms with E-state index < -0.39 is 0 Å². The Bertz CT molecular complexity index is 741. The van der Waals surface area contributed by atoms with Crippen molar-refractivity contribution in [2.45, 2.75) is 98.0 Å². The number of nitrogens with zero attached hydrogens (tertiary/aromatic N) is 1. The summed E-state index contributed by atoms with van der Waals surface area (Å²) in [6.45, 7) is 11.1. The molecule has 4 fully saturated rings. The minimum absolute atomic E-state index is 0.0456. The van der Waals surface area contributed by atoms with Gasteiger partial charge in [0, 0.05) is 19.2 Å². The summed E-state index contributed by atoms with van der Waals surface area (Å²) in [7, 11) is 0. The number of esters is 1. The van der Waals surface area contributed by atoms with Crippen LogP contribution in [0.1, 0.15) is 91.9 Å². The van der Waals surface area contributed by atoms with Gasteiger partial charge >= 0.3 is 5.97 Å². The van der Waals surface area contributed by atoms with Crippen LogP contribution in [0.5, 0.6) is 0 Å². The smallest absolute Gasteiger partial charge is 0.305 e. The molecule has 4 unspecified atom stereocenters. The number of carbonyl (C=O) groups excluding carboxylic acids is 1. The first-order valence-electron chi connectivity index (χ1n) is 14.3. The summed E-state index contributed by atoms with van der Waals surface area (Å²) >= 11 is 0. The zero-order valence-corrected chi connectivity index (χ0v) is 22.2. The molecule has 34 heavy (non-hydrogen) atoms. The van der Waals surface area contributed by atoms with Crippen molar-refractivity contribution in [1.82, 2.24) is 0 Å². The van der Waals surface area contributed by atoms with Crippen LogP contribution in [0.25, 0.3) is 0 Å². The molecule has 3 N–H and O–H groups in total. The molecular formula is C29H50N2O3. The molecule has 0 aromatic carbocycles. The molecule has 0 amide bonds. The van der Waals surface area contributed by atoms with Crippen molar-refractivity contribution in [3.63, 3.8) is 0 Å². The highest BCUT2D eigenvalue weighted by molar-refractivity contribution is 5.69. The zero-order valence-electron chi connectivity index (χ0n) is 22.2. The van der Waals surface area contributed by atoms with Crippen LogP contribution in [-0.4, -0.2) is 43.1 Å². The highest BCUT2D eigenvalue weighted by Crippen LogP contribution is 2.68. The van der Waals surface area contributed by atoms with E-state index in [0.29, 0.717) is 61.1 Å². The lowest BCUT2D eigenvalue weighted by Crippen LogP contribution is -2.58. The summed E-state index contributed by atoms with van der Waals surface area (Å²) in [5, 5.41) is 11.5. The quantitative estimate of drug-likeness (QED) is 0.372. The molecule has 10 atom stereocenters. The van der Waals surface area contributed by atoms with E-state index in [1.165, 1.54) is 38.5 Å². The fourth-order valence-electron chi connectivity index (χ4n) is 9.52. The van der Waals surface area contributed by atoms with Crippen LogP contribution in [-0.2, 0) is 9.53 Å². The molecular weight excluding hydrogens is 424 g/mol. The van der Waals surface area contributed by atoms with Gasteiger partial charge in [0.05, 0.1) is 19.3 Å². The first-order chi connectivity index (χ1) is 16.2. The average Bonchev–Trinajstić information content (AvgIpc) is 3.16. The van der Waals surface area contributed by atoms with E-state index in [-0.39, 0.29) is 17.5 Å². The van der Waals surface area contributed by atoms with Gasteiger partial charge in [-0.3, -0.25) is 9.79 Å². The lowest BCUT2D eigenvalue weighted by atomic mass is 9.43. The number of aliphatic hydroxyl groups excluding tert-OH is 1. The topological polar surface area (TPSA) is 84.9 Å². The van der Waals surface area contributed by atoms with Crippen LogP contribution in [0.15, 0.2) is 4.99 Å². The number of fused-ring (bicyclic) bond motifs is 5. The number of aliphatic imine (C=N–C) groups is 1. The summed E-state index contributed by atoms with van der Waals surface area (Å²) in [4.78, 5) is 16.5. The maximum atomic E-state index is 12.0. The van der Waals surface area contributed by atoms with Crippen molar-refractivity contribution < 1.29 is 14.6 Å². The Morgan fingerprint density at radius 1 is 1.12 bits per heavy atom. The van der Waals surface area contributed by atoms with Crippen LogP contribution >= 0.6 is 0 Å². The van der Waals surface area contributed by atoms with Crippen molar-refractivity contribution in [2.75, 3.05) is 19.7 Å². The number of rotatable bonds is 8. The standard InChI is InChI=1S/C29H50N2O3/c1-5-34-27(33)9-6-19(2)22-7-8-23-21-17-26(32)25-16-20(18-31-15-14-30)10-12-29(25,4)24(21)11-13-28(22,23)3/h18-26,32H,5-17,30H2,1-4H3/t19-,20?,21?,22-,23?,24?,25+,26+,28-,29-/m1/s1. The summed E-state index contributed by atoms with van der Waals surface area (Å²) in [6.07, 6.45) is 13.1. The Balaban J connectivity index is 1.45. The summed E-state index contributed by atoms with van der Waals surface area (Å²) in [6, 6.07) is 0. The van der Waals surface area contributed by atoms with E-state index in [2.05, 4.69) is 32.0 Å². The van der Waals surface area contributed by atoms with E-state index >= 15 is 0 Å². The Labute approximate surface area is 207 Å². The van der Waals surface area contributed by atoms with Crippen molar-refractivity contribution in [3.8, 4) is 0 Å². The highest BCUT2D eigenvalue weighted by atomic mass is 16.5. The molecule has 0 saturated heterocycles. The minimum Gasteiger partial charge on any atom is -0.466 e. The molecule has 194 valence electrons. The van der Waals surface area contributed by atoms with Crippen molar-refractivity contribution >= 4 is 12.2 Å². The molecule has 0 aromatic heterocycles. The second-order valence-electron chi connectivity index (χ2n) is 12.7. The summed E-state index contributed by atoms with van der Waals surface area (Å²) in [5.74, 6) is 4.21. The zero-order chi connectivity index (χ0) is 24.5. The molecule has 0 bridgehead atoms. The first-order valence-corrected chi connectivity index (χ1v) is 14.3. The first kappa shape index (κ1) is 26.1. The van der Waals surface area contributed by atoms with Crippen molar-refractivity contribution in [1.29, 1.82) is 0 Å². The largest absolute Gasteiger partial charge is 0.466 e. The van der Waals surface area contributed by atoms with Gasteiger partial charge in [0.1, 0.15) is 0 Å². The molecule has 0 aromatic rings. The molecule has 0 heterocycles. The predicted molar refractivity (Wildman–Crippen MR) is 138 cm³/mol. The molecule has 4 aliphatic carbocycles. The van der Waals surface area contributed by atoms with Crippen molar-refractivity contribution in [2.24, 2.45) is 63.0 Å². The summed E-state index contributed by atoms with van der Waals surface area (Å²) in [5.41, 5.74) is 6.23. The van der Waals surface area contributed by atoms with Gasteiger partial charge < -0.3 is 15.6 Å². The number of ether oxygens (including phenoxy) is 1. The Kier molecular flexibility index (Phi) is 8.13. The van der Waals surface area contributed by atoms with Gasteiger partial charge in [-0.15, -0.1) is 0 Å². The molecule has 0 aliphatic heterocycles. The van der Waals surface area contributed by atoms with Gasteiger partial charge in [-0.05, 0) is 117 Å². The van der Waals surface area contributed by atoms with Gasteiger partial charge in [-0.2, -0.15) is 0 Å². The summed E-state index contributed by atoms with van der Waals surface area (Å²) < 4.78 is 5.19. The van der Waals surface area contributed by atoms with Crippen LogP contribution in [0.2, 0.25) is 0 Å². The van der Waals surface area contributed by atoms with E-state index in [1.54, 1.807) is 0 Å². The highest BCUT2D eigenvalue weighted by Gasteiger charge is 2.62. The number of aliphatic hydroxyl groups is 1. The number of hydrogen-bond acceptors (Lipinski definition) is 5. The third kappa shape index (κ3) is 4.73. The fraction of sp³-hybridized carbons (Fsp3) is 0.931. The van der Waals surface area contributed by atoms with Crippen LogP contribution < -0.4 is 5.73 Å². The van der Waals surface area contributed by atoms with Gasteiger partial charge in [0.15, 0.2) is 0 Å². The van der Waals surface area contributed by atoms with Crippen molar-refractivity contribution in [3.05, 3.63) is 0 Å². The van der Waals surface area contributed by atoms with Gasteiger partial charge in [-0.1, -0.05) is 20.8 Å². The molecule has 4 saturated carbocycles. The molecule has 5 nitrogen and oxygen atoms in total. The predicted octanol–water partition coefficient (Wildman–Crippen LogP) is 5.24. The second kappa shape index (κ2) is 10.6. The second-order valence-corrected chi connectivity index (χ2v) is 12.7. The maximum absolute atomic E-state index is 12.0. The molecule has 5 heteroatoms. The SMILES string of the molecule is CCOC(=O)CC[C@@H](C)[C@H]1CCC2C3C[C@H](O)[C@@H]4CC(C=NCCN)CC[C@]4(C)C3CC[C@@]21C. The number of hydrogen-bond donors (Lipinski definition) is 2. The van der Waals surface area contributed by atoms with E-state index in [9.17, 15) is 9.90 Å². The van der Waals surface area contributed by atoms with Crippen LogP contribution in [0.4, 0.5) is 0 Å². The van der Waals surface area contributed by atoms with Crippen LogP contribution in [0, 0.1) is 52.3 Å². The fourth-order valence-corrected chi connectivity index (χ4v) is 9.52. The van der Waals surface area contributed by atoms with E-state index in [4.69, 9.17) is 10.5 Å². The Morgan fingerprint density at radius 3 is 2.59 bits per heavy atom. The van der Waals surface area contributed by atoms with E-state index in [1.807, 2.05) is 6.92 Å². The van der Waals surface area contributed by atoms with Gasteiger partial charge in [-0.25, -0.2) is 0 Å². The molecule has 4 aliphatic rings. The Morgan fingerprint density at radius 2 is 1.85 bits per heavy atom. The lowest BCUT2D eigenvalue weighted by molar-refractivity contribution is -0.162. The average molecular weight is 475 g/mol. The minimum atomic E-state index is -0.181. The lowest BCUT2D eigenvalue weighted by Gasteiger charge is -2.62. The number of nitrogens with two attached hydrogens (primary N) is 1.